The standard InChI is InChI=1S/C31H34N6O6/c1-33-25(18-28(38)34(2)31(33)40)30(39)36-10-13-43-27-17-23(4-5-26(27)41-3)29-32-6-7-37(29)24-15-21(14-22(16-24)20-36)19-35-8-11-42-12-9-35/h4-7,14-18H,8-13,19-20H2,1-3H3. The summed E-state index contributed by atoms with van der Waals surface area (Å²) in [5, 5.41) is 0. The third-order valence-electron chi connectivity index (χ3n) is 7.91. The largest absolute Gasteiger partial charge is 0.493 e. The van der Waals surface area contributed by atoms with E-state index in [4.69, 9.17) is 14.2 Å². The molecular formula is C31H34N6O6. The van der Waals surface area contributed by atoms with E-state index >= 15 is 0 Å². The minimum atomic E-state index is -0.568. The van der Waals surface area contributed by atoms with E-state index in [9.17, 15) is 14.4 Å². The molecule has 224 valence electrons. The van der Waals surface area contributed by atoms with E-state index < -0.39 is 17.2 Å². The van der Waals surface area contributed by atoms with Gasteiger partial charge in [0.15, 0.2) is 11.5 Å². The van der Waals surface area contributed by atoms with Crippen molar-refractivity contribution in [2.45, 2.75) is 13.1 Å². The van der Waals surface area contributed by atoms with E-state index in [0.29, 0.717) is 24.7 Å². The minimum absolute atomic E-state index is 0.0126. The number of carbonyl (C=O) groups is 1. The van der Waals surface area contributed by atoms with Crippen LogP contribution in [0.5, 0.6) is 11.5 Å². The summed E-state index contributed by atoms with van der Waals surface area (Å²) in [6.45, 7) is 4.36. The maximum absolute atomic E-state index is 14.0. The second-order valence-electron chi connectivity index (χ2n) is 10.7. The molecule has 0 radical (unpaired) electrons. The van der Waals surface area contributed by atoms with Crippen LogP contribution in [0.25, 0.3) is 17.1 Å². The highest BCUT2D eigenvalue weighted by Crippen LogP contribution is 2.33. The Morgan fingerprint density at radius 2 is 1.79 bits per heavy atom. The Balaban J connectivity index is 1.47. The van der Waals surface area contributed by atoms with E-state index in [0.717, 1.165) is 52.4 Å². The summed E-state index contributed by atoms with van der Waals surface area (Å²) in [4.78, 5) is 47.8. The van der Waals surface area contributed by atoms with Gasteiger partial charge in [-0.1, -0.05) is 6.07 Å². The summed E-state index contributed by atoms with van der Waals surface area (Å²) in [7, 11) is 4.45. The molecule has 0 spiro atoms. The Morgan fingerprint density at radius 1 is 0.977 bits per heavy atom. The highest BCUT2D eigenvalue weighted by molar-refractivity contribution is 5.92. The molecule has 4 aromatic rings. The molecule has 0 saturated carbocycles. The topological polar surface area (TPSA) is 113 Å². The van der Waals surface area contributed by atoms with Crippen LogP contribution in [0.15, 0.2) is 64.4 Å². The molecule has 2 aliphatic rings. The van der Waals surface area contributed by atoms with Crippen molar-refractivity contribution in [2.24, 2.45) is 14.1 Å². The van der Waals surface area contributed by atoms with Crippen molar-refractivity contribution in [3.8, 4) is 28.6 Å². The Hall–Kier alpha value is -4.68. The lowest BCUT2D eigenvalue weighted by Crippen LogP contribution is -2.43. The molecular weight excluding hydrogens is 552 g/mol. The average molecular weight is 587 g/mol. The maximum atomic E-state index is 14.0. The Kier molecular flexibility index (Phi) is 7.87. The third-order valence-corrected chi connectivity index (χ3v) is 7.91. The summed E-state index contributed by atoms with van der Waals surface area (Å²) in [5.74, 6) is 1.36. The van der Waals surface area contributed by atoms with Crippen LogP contribution in [0.1, 0.15) is 21.6 Å². The Morgan fingerprint density at radius 3 is 2.58 bits per heavy atom. The van der Waals surface area contributed by atoms with Crippen LogP contribution in [-0.4, -0.2) is 81.0 Å². The van der Waals surface area contributed by atoms with Gasteiger partial charge >= 0.3 is 5.69 Å². The Labute approximate surface area is 248 Å². The molecule has 6 rings (SSSR count). The zero-order chi connectivity index (χ0) is 30.1. The lowest BCUT2D eigenvalue weighted by atomic mass is 10.1. The van der Waals surface area contributed by atoms with Crippen molar-refractivity contribution in [3.05, 3.63) is 92.5 Å². The van der Waals surface area contributed by atoms with Crippen LogP contribution in [0.4, 0.5) is 0 Å². The fourth-order valence-corrected chi connectivity index (χ4v) is 5.57. The summed E-state index contributed by atoms with van der Waals surface area (Å²) >= 11 is 0. The van der Waals surface area contributed by atoms with Gasteiger partial charge in [0, 0.05) is 70.0 Å². The molecule has 1 amide bonds. The first kappa shape index (κ1) is 28.4. The summed E-state index contributed by atoms with van der Waals surface area (Å²) in [5.41, 5.74) is 2.63. The molecule has 0 atom stereocenters. The van der Waals surface area contributed by atoms with Crippen molar-refractivity contribution in [2.75, 3.05) is 46.6 Å². The molecule has 4 bridgehead atoms. The average Bonchev–Trinajstić information content (AvgIpc) is 3.51. The van der Waals surface area contributed by atoms with E-state index in [1.807, 2.05) is 35.0 Å². The van der Waals surface area contributed by atoms with Gasteiger partial charge < -0.3 is 19.1 Å². The van der Waals surface area contributed by atoms with Crippen LogP contribution in [0.3, 0.4) is 0 Å². The van der Waals surface area contributed by atoms with Gasteiger partial charge in [-0.2, -0.15) is 0 Å². The predicted molar refractivity (Wildman–Crippen MR) is 159 cm³/mol. The number of hydrogen-bond acceptors (Lipinski definition) is 8. The molecule has 0 unspecified atom stereocenters. The van der Waals surface area contributed by atoms with Gasteiger partial charge in [0.1, 0.15) is 18.1 Å². The number of methoxy groups -OCH3 is 1. The van der Waals surface area contributed by atoms with Crippen molar-refractivity contribution in [1.29, 1.82) is 0 Å². The number of fused-ring (bicyclic) bond motifs is 7. The molecule has 1 fully saturated rings. The van der Waals surface area contributed by atoms with Crippen molar-refractivity contribution < 1.29 is 19.0 Å². The van der Waals surface area contributed by atoms with Gasteiger partial charge in [-0.3, -0.25) is 28.2 Å². The zero-order valence-corrected chi connectivity index (χ0v) is 24.5. The molecule has 43 heavy (non-hydrogen) atoms. The zero-order valence-electron chi connectivity index (χ0n) is 24.5. The van der Waals surface area contributed by atoms with Gasteiger partial charge in [0.2, 0.25) is 0 Å². The summed E-state index contributed by atoms with van der Waals surface area (Å²) < 4.78 is 21.5. The number of rotatable bonds is 4. The fourth-order valence-electron chi connectivity index (χ4n) is 5.57. The lowest BCUT2D eigenvalue weighted by Gasteiger charge is -2.28. The molecule has 0 aliphatic carbocycles. The second-order valence-corrected chi connectivity index (χ2v) is 10.7. The van der Waals surface area contributed by atoms with Crippen molar-refractivity contribution in [1.82, 2.24) is 28.5 Å². The smallest absolute Gasteiger partial charge is 0.331 e. The maximum Gasteiger partial charge on any atom is 0.331 e. The number of ether oxygens (including phenoxy) is 3. The third kappa shape index (κ3) is 5.71. The molecule has 12 heteroatoms. The number of imidazole rings is 1. The number of aromatic nitrogens is 4. The van der Waals surface area contributed by atoms with E-state index in [2.05, 4.69) is 22.0 Å². The number of benzene rings is 2. The number of carbonyl (C=O) groups excluding carboxylic acids is 1. The molecule has 1 saturated heterocycles. The number of amides is 1. The summed E-state index contributed by atoms with van der Waals surface area (Å²) in [6.07, 6.45) is 3.67. The van der Waals surface area contributed by atoms with Gasteiger partial charge in [0.05, 0.1) is 26.9 Å². The molecule has 2 aromatic heterocycles. The van der Waals surface area contributed by atoms with Crippen LogP contribution in [0.2, 0.25) is 0 Å². The highest BCUT2D eigenvalue weighted by Gasteiger charge is 2.23. The SMILES string of the molecule is COc1ccc2cc1OCCN(C(=O)c1cc(=O)n(C)c(=O)n1C)Cc1cc(CN3CCOCC3)cc(c1)-n1ccnc1-2. The van der Waals surface area contributed by atoms with Crippen LogP contribution in [-0.2, 0) is 31.9 Å². The molecule has 2 aromatic carbocycles. The monoisotopic (exact) mass is 586 g/mol. The first-order chi connectivity index (χ1) is 20.8. The fraction of sp³-hybridized carbons (Fsp3) is 0.355. The first-order valence-electron chi connectivity index (χ1n) is 14.2. The van der Waals surface area contributed by atoms with Crippen molar-refractivity contribution in [3.63, 3.8) is 0 Å². The van der Waals surface area contributed by atoms with Gasteiger partial charge in [0.25, 0.3) is 11.5 Å². The quantitative estimate of drug-likeness (QED) is 0.356. The lowest BCUT2D eigenvalue weighted by molar-refractivity contribution is 0.0341. The Bertz CT molecular complexity index is 1780. The highest BCUT2D eigenvalue weighted by atomic mass is 16.5. The van der Waals surface area contributed by atoms with Gasteiger partial charge in [-0.05, 0) is 41.5 Å². The van der Waals surface area contributed by atoms with Crippen LogP contribution >= 0.6 is 0 Å². The number of hydrogen-bond donors (Lipinski definition) is 0. The number of nitrogens with zero attached hydrogens (tertiary/aromatic N) is 6. The molecule has 0 N–H and O–H groups in total. The van der Waals surface area contributed by atoms with E-state index in [1.54, 1.807) is 18.2 Å². The predicted octanol–water partition coefficient (Wildman–Crippen LogP) is 1.81. The van der Waals surface area contributed by atoms with Gasteiger partial charge in [-0.15, -0.1) is 0 Å². The molecule has 4 heterocycles. The van der Waals surface area contributed by atoms with Crippen LogP contribution in [0, 0.1) is 0 Å². The van der Waals surface area contributed by atoms with Crippen molar-refractivity contribution >= 4 is 5.91 Å². The van der Waals surface area contributed by atoms with Crippen LogP contribution < -0.4 is 20.7 Å². The van der Waals surface area contributed by atoms with E-state index in [1.165, 1.54) is 24.7 Å². The number of morpholine rings is 1. The molecule has 12 nitrogen and oxygen atoms in total. The second kappa shape index (κ2) is 11.9. The van der Waals surface area contributed by atoms with Gasteiger partial charge in [-0.25, -0.2) is 9.78 Å². The first-order valence-corrected chi connectivity index (χ1v) is 14.2. The molecule has 2 aliphatic heterocycles. The summed E-state index contributed by atoms with van der Waals surface area (Å²) in [6, 6.07) is 13.1. The van der Waals surface area contributed by atoms with E-state index in [-0.39, 0.29) is 25.4 Å². The minimum Gasteiger partial charge on any atom is -0.493 e. The normalized spacial score (nSPS) is 15.5.